The average Bonchev–Trinajstić information content (AvgIpc) is 2.68. The first kappa shape index (κ1) is 21.1. The molecule has 0 aliphatic rings. The molecular weight excluding hydrogens is 434 g/mol. The number of rotatable bonds is 7. The fraction of sp³-hybridized carbons (Fsp3) is 0.304. The van der Waals surface area contributed by atoms with Crippen LogP contribution in [0.25, 0.3) is 11.0 Å². The van der Waals surface area contributed by atoms with E-state index < -0.39 is 0 Å². The number of likely N-dealkylation sites (N-methyl/N-ethyl adjacent to an activating group) is 1. The van der Waals surface area contributed by atoms with Gasteiger partial charge in [0.1, 0.15) is 17.9 Å². The maximum absolute atomic E-state index is 12.5. The van der Waals surface area contributed by atoms with Gasteiger partial charge in [0.2, 0.25) is 5.91 Å². The van der Waals surface area contributed by atoms with Crippen molar-refractivity contribution >= 4 is 32.8 Å². The molecule has 0 radical (unpaired) electrons. The van der Waals surface area contributed by atoms with Gasteiger partial charge < -0.3 is 14.1 Å². The molecule has 0 spiro atoms. The van der Waals surface area contributed by atoms with Gasteiger partial charge in [0.25, 0.3) is 0 Å². The predicted molar refractivity (Wildman–Crippen MR) is 118 cm³/mol. The molecule has 1 aromatic heterocycles. The molecule has 0 aliphatic carbocycles. The van der Waals surface area contributed by atoms with E-state index in [4.69, 9.17) is 9.15 Å². The van der Waals surface area contributed by atoms with Gasteiger partial charge in [0, 0.05) is 28.9 Å². The van der Waals surface area contributed by atoms with Crippen LogP contribution in [-0.2, 0) is 11.2 Å². The predicted octanol–water partition coefficient (Wildman–Crippen LogP) is 4.64. The molecule has 0 N–H and O–H groups in total. The van der Waals surface area contributed by atoms with Crippen molar-refractivity contribution in [1.29, 1.82) is 0 Å². The molecule has 3 rings (SSSR count). The van der Waals surface area contributed by atoms with Crippen molar-refractivity contribution in [3.05, 3.63) is 74.0 Å². The number of carbonyl (C=O) groups is 1. The normalized spacial score (nSPS) is 10.9. The molecule has 152 valence electrons. The highest BCUT2D eigenvalue weighted by atomic mass is 79.9. The van der Waals surface area contributed by atoms with Crippen LogP contribution < -0.4 is 10.4 Å². The highest BCUT2D eigenvalue weighted by Crippen LogP contribution is 2.21. The lowest BCUT2D eigenvalue weighted by molar-refractivity contribution is -0.130. The molecule has 0 saturated heterocycles. The first-order chi connectivity index (χ1) is 13.8. The summed E-state index contributed by atoms with van der Waals surface area (Å²) in [5, 5.41) is 0.911. The third-order valence-corrected chi connectivity index (χ3v) is 5.50. The lowest BCUT2D eigenvalue weighted by Crippen LogP contribution is -2.31. The molecule has 0 aliphatic heterocycles. The zero-order valence-corrected chi connectivity index (χ0v) is 18.4. The van der Waals surface area contributed by atoms with Crippen LogP contribution in [0.5, 0.6) is 5.75 Å². The number of benzene rings is 2. The van der Waals surface area contributed by atoms with Crippen LogP contribution in [0.15, 0.2) is 56.1 Å². The molecule has 3 aromatic rings. The van der Waals surface area contributed by atoms with Crippen molar-refractivity contribution in [3.8, 4) is 5.75 Å². The first-order valence-corrected chi connectivity index (χ1v) is 10.3. The zero-order valence-electron chi connectivity index (χ0n) is 16.8. The summed E-state index contributed by atoms with van der Waals surface area (Å²) < 4.78 is 12.1. The number of hydrogen-bond donors (Lipinski definition) is 0. The van der Waals surface area contributed by atoms with Gasteiger partial charge in [-0.15, -0.1) is 0 Å². The molecule has 5 nitrogen and oxygen atoms in total. The minimum Gasteiger partial charge on any atom is -0.492 e. The Morgan fingerprint density at radius 2 is 1.86 bits per heavy atom. The van der Waals surface area contributed by atoms with E-state index in [2.05, 4.69) is 15.9 Å². The minimum atomic E-state index is -0.366. The van der Waals surface area contributed by atoms with E-state index in [0.29, 0.717) is 30.7 Å². The second-order valence-electron chi connectivity index (χ2n) is 7.11. The summed E-state index contributed by atoms with van der Waals surface area (Å²) in [6.07, 6.45) is 0.604. The van der Waals surface area contributed by atoms with Crippen molar-refractivity contribution in [3.63, 3.8) is 0 Å². The van der Waals surface area contributed by atoms with Crippen LogP contribution in [0.1, 0.15) is 23.1 Å². The highest BCUT2D eigenvalue weighted by Gasteiger charge is 2.15. The largest absolute Gasteiger partial charge is 0.492 e. The molecule has 0 unspecified atom stereocenters. The van der Waals surface area contributed by atoms with Crippen molar-refractivity contribution in [2.75, 3.05) is 20.2 Å². The van der Waals surface area contributed by atoms with Crippen molar-refractivity contribution in [2.24, 2.45) is 0 Å². The number of nitrogens with zero attached hydrogens (tertiary/aromatic N) is 1. The Bertz CT molecular complexity index is 1070. The van der Waals surface area contributed by atoms with Gasteiger partial charge in [-0.2, -0.15) is 0 Å². The monoisotopic (exact) mass is 457 g/mol. The van der Waals surface area contributed by atoms with Crippen LogP contribution in [-0.4, -0.2) is 31.0 Å². The number of halogens is 1. The molecule has 0 atom stereocenters. The van der Waals surface area contributed by atoms with Gasteiger partial charge in [-0.3, -0.25) is 4.79 Å². The van der Waals surface area contributed by atoms with Gasteiger partial charge >= 0.3 is 5.63 Å². The summed E-state index contributed by atoms with van der Waals surface area (Å²) in [6.45, 7) is 4.74. The SMILES string of the molecule is Cc1ccc2c(C)c(CCC(=O)N(C)CCOc3ccc(Br)cc3)c(=O)oc2c1. The minimum absolute atomic E-state index is 0.0350. The van der Waals surface area contributed by atoms with Crippen LogP contribution in [0.4, 0.5) is 0 Å². The molecule has 0 fully saturated rings. The fourth-order valence-corrected chi connectivity index (χ4v) is 3.43. The second kappa shape index (κ2) is 9.27. The maximum Gasteiger partial charge on any atom is 0.339 e. The van der Waals surface area contributed by atoms with Crippen LogP contribution in [0, 0.1) is 13.8 Å². The van der Waals surface area contributed by atoms with E-state index in [0.717, 1.165) is 26.7 Å². The summed E-state index contributed by atoms with van der Waals surface area (Å²) in [5.74, 6) is 0.723. The second-order valence-corrected chi connectivity index (χ2v) is 8.03. The number of carbonyl (C=O) groups excluding carboxylic acids is 1. The van der Waals surface area contributed by atoms with Gasteiger partial charge in [-0.1, -0.05) is 28.1 Å². The quantitative estimate of drug-likeness (QED) is 0.484. The van der Waals surface area contributed by atoms with E-state index in [1.807, 2.05) is 56.3 Å². The van der Waals surface area contributed by atoms with Crippen LogP contribution in [0.2, 0.25) is 0 Å². The molecule has 0 bridgehead atoms. The van der Waals surface area contributed by atoms with Gasteiger partial charge in [-0.05, 0) is 61.7 Å². The lowest BCUT2D eigenvalue weighted by atomic mass is 10.0. The Kier molecular flexibility index (Phi) is 6.75. The summed E-state index contributed by atoms with van der Waals surface area (Å²) in [7, 11) is 1.74. The Morgan fingerprint density at radius 3 is 2.59 bits per heavy atom. The van der Waals surface area contributed by atoms with Crippen LogP contribution in [0.3, 0.4) is 0 Å². The van der Waals surface area contributed by atoms with Gasteiger partial charge in [0.05, 0.1) is 6.54 Å². The number of ether oxygens (including phenoxy) is 1. The topological polar surface area (TPSA) is 59.8 Å². The van der Waals surface area contributed by atoms with Crippen molar-refractivity contribution in [2.45, 2.75) is 26.7 Å². The van der Waals surface area contributed by atoms with E-state index >= 15 is 0 Å². The van der Waals surface area contributed by atoms with E-state index in [1.165, 1.54) is 0 Å². The highest BCUT2D eigenvalue weighted by molar-refractivity contribution is 9.10. The number of fused-ring (bicyclic) bond motifs is 1. The zero-order chi connectivity index (χ0) is 21.0. The third-order valence-electron chi connectivity index (χ3n) is 4.97. The fourth-order valence-electron chi connectivity index (χ4n) is 3.17. The molecule has 1 heterocycles. The van der Waals surface area contributed by atoms with Crippen molar-refractivity contribution < 1.29 is 13.9 Å². The molecular formula is C23H24BrNO4. The summed E-state index contributed by atoms with van der Waals surface area (Å²) in [4.78, 5) is 26.5. The number of amides is 1. The third kappa shape index (κ3) is 5.26. The number of hydrogen-bond acceptors (Lipinski definition) is 4. The molecule has 29 heavy (non-hydrogen) atoms. The Balaban J connectivity index is 1.57. The van der Waals surface area contributed by atoms with E-state index in [-0.39, 0.29) is 18.0 Å². The van der Waals surface area contributed by atoms with Gasteiger partial charge in [-0.25, -0.2) is 4.79 Å². The Labute approximate surface area is 178 Å². The molecule has 0 saturated carbocycles. The molecule has 1 amide bonds. The average molecular weight is 458 g/mol. The summed E-state index contributed by atoms with van der Waals surface area (Å²) in [5.41, 5.74) is 2.70. The molecule has 2 aromatic carbocycles. The smallest absolute Gasteiger partial charge is 0.339 e. The number of aryl methyl sites for hydroxylation is 2. The molecule has 6 heteroatoms. The van der Waals surface area contributed by atoms with Crippen LogP contribution >= 0.6 is 15.9 Å². The summed E-state index contributed by atoms with van der Waals surface area (Å²) in [6, 6.07) is 13.4. The maximum atomic E-state index is 12.5. The Morgan fingerprint density at radius 1 is 1.14 bits per heavy atom. The van der Waals surface area contributed by atoms with E-state index in [9.17, 15) is 9.59 Å². The van der Waals surface area contributed by atoms with E-state index in [1.54, 1.807) is 11.9 Å². The summed E-state index contributed by atoms with van der Waals surface area (Å²) >= 11 is 3.38. The van der Waals surface area contributed by atoms with Crippen molar-refractivity contribution in [1.82, 2.24) is 4.90 Å². The standard InChI is InChI=1S/C23H24BrNO4/c1-15-4-9-19-16(2)20(23(27)29-21(19)14-15)10-11-22(26)25(3)12-13-28-18-7-5-17(24)6-8-18/h4-9,14H,10-13H2,1-3H3. The Hall–Kier alpha value is -2.60. The lowest BCUT2D eigenvalue weighted by Gasteiger charge is -2.18. The first-order valence-electron chi connectivity index (χ1n) is 9.50. The van der Waals surface area contributed by atoms with Gasteiger partial charge in [0.15, 0.2) is 0 Å².